The van der Waals surface area contributed by atoms with Gasteiger partial charge in [0.2, 0.25) is 0 Å². The van der Waals surface area contributed by atoms with Gasteiger partial charge in [-0.2, -0.15) is 13.2 Å². The summed E-state index contributed by atoms with van der Waals surface area (Å²) < 4.78 is 35.3. The van der Waals surface area contributed by atoms with Crippen LogP contribution < -0.4 is 5.48 Å². The minimum atomic E-state index is -4.46. The van der Waals surface area contributed by atoms with Crippen LogP contribution in [-0.4, -0.2) is 18.7 Å². The number of rotatable bonds is 4. The maximum absolute atomic E-state index is 11.8. The van der Waals surface area contributed by atoms with Gasteiger partial charge in [0.1, 0.15) is 0 Å². The molecule has 0 radical (unpaired) electrons. The number of carbonyl (C=O) groups excluding carboxylic acids is 1. The zero-order chi connectivity index (χ0) is 13.8. The molecule has 1 N–H and O–H groups in total. The first-order chi connectivity index (χ1) is 8.29. The van der Waals surface area contributed by atoms with Crippen LogP contribution in [0.4, 0.5) is 13.2 Å². The van der Waals surface area contributed by atoms with E-state index < -0.39 is 18.7 Å². The summed E-state index contributed by atoms with van der Waals surface area (Å²) in [5, 5.41) is 0. The summed E-state index contributed by atoms with van der Waals surface area (Å²) in [5.74, 6) is -0.377. The Labute approximate surface area is 103 Å². The predicted molar refractivity (Wildman–Crippen MR) is 60.0 cm³/mol. The average molecular weight is 261 g/mol. The van der Waals surface area contributed by atoms with Crippen molar-refractivity contribution in [2.45, 2.75) is 25.9 Å². The van der Waals surface area contributed by atoms with Gasteiger partial charge in [0.05, 0.1) is 0 Å². The molecular formula is C12H14F3NO2. The fourth-order valence-electron chi connectivity index (χ4n) is 1.26. The molecule has 6 heteroatoms. The van der Waals surface area contributed by atoms with E-state index in [4.69, 9.17) is 0 Å². The summed E-state index contributed by atoms with van der Waals surface area (Å²) in [6, 6.07) is 6.59. The van der Waals surface area contributed by atoms with Crippen LogP contribution in [0.3, 0.4) is 0 Å². The van der Waals surface area contributed by atoms with E-state index in [1.54, 1.807) is 29.7 Å². The van der Waals surface area contributed by atoms with Crippen molar-refractivity contribution in [3.05, 3.63) is 35.4 Å². The van der Waals surface area contributed by atoms with Gasteiger partial charge in [-0.1, -0.05) is 26.0 Å². The highest BCUT2D eigenvalue weighted by Gasteiger charge is 2.28. The molecule has 0 aromatic heterocycles. The van der Waals surface area contributed by atoms with E-state index >= 15 is 0 Å². The molecule has 0 aliphatic rings. The molecule has 1 rings (SSSR count). The number of nitrogens with one attached hydrogen (secondary N) is 1. The molecule has 18 heavy (non-hydrogen) atoms. The number of carbonyl (C=O) groups is 1. The van der Waals surface area contributed by atoms with E-state index in [0.717, 1.165) is 5.56 Å². The van der Waals surface area contributed by atoms with Gasteiger partial charge in [-0.3, -0.25) is 9.63 Å². The van der Waals surface area contributed by atoms with E-state index in [9.17, 15) is 18.0 Å². The Morgan fingerprint density at radius 1 is 1.28 bits per heavy atom. The van der Waals surface area contributed by atoms with Gasteiger partial charge in [-0.25, -0.2) is 5.48 Å². The summed E-state index contributed by atoms with van der Waals surface area (Å²) in [7, 11) is 0. The highest BCUT2D eigenvalue weighted by atomic mass is 19.4. The first-order valence-corrected chi connectivity index (χ1v) is 5.38. The van der Waals surface area contributed by atoms with Crippen LogP contribution in [0.25, 0.3) is 0 Å². The van der Waals surface area contributed by atoms with Crippen molar-refractivity contribution in [2.75, 3.05) is 6.61 Å². The third-order valence-corrected chi connectivity index (χ3v) is 2.24. The van der Waals surface area contributed by atoms with Gasteiger partial charge in [0.25, 0.3) is 5.91 Å². The molecule has 0 spiro atoms. The van der Waals surface area contributed by atoms with E-state index in [1.165, 1.54) is 0 Å². The van der Waals surface area contributed by atoms with Crippen LogP contribution in [0.1, 0.15) is 35.7 Å². The van der Waals surface area contributed by atoms with E-state index in [1.807, 2.05) is 13.8 Å². The van der Waals surface area contributed by atoms with Crippen LogP contribution in [0, 0.1) is 0 Å². The number of benzene rings is 1. The molecule has 0 saturated heterocycles. The lowest BCUT2D eigenvalue weighted by Gasteiger charge is -2.09. The number of halogens is 3. The van der Waals surface area contributed by atoms with E-state index in [0.29, 0.717) is 5.92 Å². The molecule has 0 atom stereocenters. The summed E-state index contributed by atoms with van der Waals surface area (Å²) in [6.45, 7) is 2.49. The van der Waals surface area contributed by atoms with Crippen molar-refractivity contribution in [2.24, 2.45) is 0 Å². The Hall–Kier alpha value is -1.56. The summed E-state index contributed by atoms with van der Waals surface area (Å²) in [6.07, 6.45) is -4.46. The van der Waals surface area contributed by atoms with Crippen LogP contribution >= 0.6 is 0 Å². The van der Waals surface area contributed by atoms with Crippen molar-refractivity contribution in [3.63, 3.8) is 0 Å². The number of hydrogen-bond acceptors (Lipinski definition) is 2. The number of hydroxylamine groups is 1. The second-order valence-electron chi connectivity index (χ2n) is 4.11. The lowest BCUT2D eigenvalue weighted by molar-refractivity contribution is -0.184. The van der Waals surface area contributed by atoms with E-state index in [-0.39, 0.29) is 5.56 Å². The zero-order valence-corrected chi connectivity index (χ0v) is 10.0. The number of alkyl halides is 3. The van der Waals surface area contributed by atoms with Crippen molar-refractivity contribution < 1.29 is 22.8 Å². The van der Waals surface area contributed by atoms with Crippen LogP contribution in [-0.2, 0) is 4.84 Å². The predicted octanol–water partition coefficient (Wildman–Crippen LogP) is 3.03. The van der Waals surface area contributed by atoms with Crippen LogP contribution in [0.2, 0.25) is 0 Å². The maximum Gasteiger partial charge on any atom is 0.414 e. The Kier molecular flexibility index (Phi) is 4.72. The molecule has 0 bridgehead atoms. The molecule has 1 aromatic carbocycles. The Morgan fingerprint density at radius 3 is 2.28 bits per heavy atom. The highest BCUT2D eigenvalue weighted by molar-refractivity contribution is 5.93. The summed E-state index contributed by atoms with van der Waals surface area (Å²) >= 11 is 0. The van der Waals surface area contributed by atoms with Gasteiger partial charge in [-0.15, -0.1) is 0 Å². The minimum absolute atomic E-state index is 0.251. The molecule has 1 aromatic rings. The van der Waals surface area contributed by atoms with Gasteiger partial charge in [0, 0.05) is 5.56 Å². The van der Waals surface area contributed by atoms with Crippen molar-refractivity contribution in [1.29, 1.82) is 0 Å². The van der Waals surface area contributed by atoms with Gasteiger partial charge < -0.3 is 0 Å². The van der Waals surface area contributed by atoms with Gasteiger partial charge in [0.15, 0.2) is 6.61 Å². The molecule has 0 aliphatic heterocycles. The van der Waals surface area contributed by atoms with Crippen molar-refractivity contribution in [1.82, 2.24) is 5.48 Å². The average Bonchev–Trinajstić information content (AvgIpc) is 2.27. The fourth-order valence-corrected chi connectivity index (χ4v) is 1.26. The normalized spacial score (nSPS) is 11.7. The summed E-state index contributed by atoms with van der Waals surface area (Å²) in [4.78, 5) is 15.5. The molecular weight excluding hydrogens is 247 g/mol. The SMILES string of the molecule is CC(C)c1ccc(C(=O)NOCC(F)(F)F)cc1. The molecule has 3 nitrogen and oxygen atoms in total. The first-order valence-electron chi connectivity index (χ1n) is 5.38. The monoisotopic (exact) mass is 261 g/mol. The van der Waals surface area contributed by atoms with Gasteiger partial charge >= 0.3 is 6.18 Å². The number of hydrogen-bond donors (Lipinski definition) is 1. The van der Waals surface area contributed by atoms with Crippen LogP contribution in [0.15, 0.2) is 24.3 Å². The molecule has 100 valence electrons. The largest absolute Gasteiger partial charge is 0.414 e. The molecule has 0 fully saturated rings. The molecule has 1 amide bonds. The zero-order valence-electron chi connectivity index (χ0n) is 10.0. The van der Waals surface area contributed by atoms with Crippen LogP contribution in [0.5, 0.6) is 0 Å². The highest BCUT2D eigenvalue weighted by Crippen LogP contribution is 2.15. The third kappa shape index (κ3) is 4.75. The minimum Gasteiger partial charge on any atom is -0.267 e. The lowest BCUT2D eigenvalue weighted by atomic mass is 10.0. The second-order valence-corrected chi connectivity index (χ2v) is 4.11. The summed E-state index contributed by atoms with van der Waals surface area (Å²) in [5.41, 5.74) is 3.04. The smallest absolute Gasteiger partial charge is 0.267 e. The Morgan fingerprint density at radius 2 is 1.83 bits per heavy atom. The van der Waals surface area contributed by atoms with Crippen molar-refractivity contribution in [3.8, 4) is 0 Å². The van der Waals surface area contributed by atoms with E-state index in [2.05, 4.69) is 4.84 Å². The third-order valence-electron chi connectivity index (χ3n) is 2.24. The molecule has 0 saturated carbocycles. The maximum atomic E-state index is 11.8. The molecule has 0 heterocycles. The van der Waals surface area contributed by atoms with Crippen molar-refractivity contribution >= 4 is 5.91 Å². The quantitative estimate of drug-likeness (QED) is 0.846. The number of amides is 1. The Bertz CT molecular complexity index is 399. The standard InChI is InChI=1S/C12H14F3NO2/c1-8(2)9-3-5-10(6-4-9)11(17)16-18-7-12(13,14)15/h3-6,8H,7H2,1-2H3,(H,16,17). The topological polar surface area (TPSA) is 38.3 Å². The Balaban J connectivity index is 2.52. The molecule has 0 unspecified atom stereocenters. The first kappa shape index (κ1) is 14.5. The fraction of sp³-hybridized carbons (Fsp3) is 0.417. The second kappa shape index (κ2) is 5.86. The molecule has 0 aliphatic carbocycles. The van der Waals surface area contributed by atoms with Gasteiger partial charge in [-0.05, 0) is 23.6 Å². The lowest BCUT2D eigenvalue weighted by Crippen LogP contribution is -2.29.